The lowest BCUT2D eigenvalue weighted by atomic mass is 9.97. The number of anilines is 2. The van der Waals surface area contributed by atoms with Crippen molar-refractivity contribution < 1.29 is 4.79 Å². The van der Waals surface area contributed by atoms with Crippen molar-refractivity contribution in [3.05, 3.63) is 38.7 Å². The highest BCUT2D eigenvalue weighted by molar-refractivity contribution is 7.99. The maximum atomic E-state index is 12.2. The molecule has 0 fully saturated rings. The smallest absolute Gasteiger partial charge is 0.234 e. The molecule has 0 spiro atoms. The molecule has 0 atom stereocenters. The van der Waals surface area contributed by atoms with E-state index >= 15 is 0 Å². The average Bonchev–Trinajstić information content (AvgIpc) is 2.98. The summed E-state index contributed by atoms with van der Waals surface area (Å²) in [7, 11) is 0. The summed E-state index contributed by atoms with van der Waals surface area (Å²) in [5.41, 5.74) is 8.07. The van der Waals surface area contributed by atoms with Crippen molar-refractivity contribution >= 4 is 73.9 Å². The second-order valence-electron chi connectivity index (χ2n) is 6.28. The molecule has 1 amide bonds. The lowest BCUT2D eigenvalue weighted by molar-refractivity contribution is -0.113. The predicted molar refractivity (Wildman–Crippen MR) is 114 cm³/mol. The van der Waals surface area contributed by atoms with Crippen molar-refractivity contribution in [3.63, 3.8) is 0 Å². The van der Waals surface area contributed by atoms with Gasteiger partial charge in [0, 0.05) is 20.6 Å². The fraction of sp³-hybridized carbons (Fsp3) is 0.278. The minimum Gasteiger partial charge on any atom is -0.383 e. The van der Waals surface area contributed by atoms with Crippen LogP contribution in [-0.4, -0.2) is 21.6 Å². The van der Waals surface area contributed by atoms with Crippen LogP contribution < -0.4 is 11.1 Å². The summed E-state index contributed by atoms with van der Waals surface area (Å²) in [6, 6.07) is 4.90. The summed E-state index contributed by atoms with van der Waals surface area (Å²) in [4.78, 5) is 23.5. The summed E-state index contributed by atoms with van der Waals surface area (Å²) in [6.07, 6.45) is 4.52. The van der Waals surface area contributed by atoms with E-state index in [2.05, 4.69) is 15.3 Å². The number of nitrogens with zero attached hydrogens (tertiary/aromatic N) is 2. The van der Waals surface area contributed by atoms with Crippen LogP contribution in [0.15, 0.2) is 23.4 Å². The zero-order chi connectivity index (χ0) is 19.0. The number of nitrogens with one attached hydrogen (secondary N) is 1. The number of carbonyl (C=O) groups is 1. The van der Waals surface area contributed by atoms with Gasteiger partial charge in [0.15, 0.2) is 5.16 Å². The Bertz CT molecular complexity index is 1020. The summed E-state index contributed by atoms with van der Waals surface area (Å²) >= 11 is 14.8. The normalized spacial score (nSPS) is 13.6. The van der Waals surface area contributed by atoms with Gasteiger partial charge in [-0.05, 0) is 49.4 Å². The Balaban J connectivity index is 1.48. The van der Waals surface area contributed by atoms with Crippen LogP contribution >= 0.6 is 46.3 Å². The molecule has 140 valence electrons. The van der Waals surface area contributed by atoms with Crippen LogP contribution in [0, 0.1) is 0 Å². The van der Waals surface area contributed by atoms with Gasteiger partial charge < -0.3 is 11.1 Å². The van der Waals surface area contributed by atoms with Crippen LogP contribution in [-0.2, 0) is 17.6 Å². The number of halogens is 2. The number of fused-ring (bicyclic) bond motifs is 3. The number of thiophene rings is 1. The third kappa shape index (κ3) is 4.16. The second-order valence-corrected chi connectivity index (χ2v) is 9.18. The fourth-order valence-corrected chi connectivity index (χ4v) is 5.69. The predicted octanol–water partition coefficient (Wildman–Crippen LogP) is 5.19. The monoisotopic (exact) mass is 438 g/mol. The highest BCUT2D eigenvalue weighted by Crippen LogP contribution is 2.38. The zero-order valence-corrected chi connectivity index (χ0v) is 17.4. The molecular weight excluding hydrogens is 423 g/mol. The van der Waals surface area contributed by atoms with Crippen molar-refractivity contribution in [2.45, 2.75) is 30.8 Å². The number of aryl methyl sites for hydroxylation is 2. The standard InChI is InChI=1S/C18H16Cl2N4OS2/c19-9-5-10(20)7-11(6-9)22-14(25)8-26-18-23-16(21)15-12-3-1-2-4-13(12)27-17(15)24-18/h5-7H,1-4,8H2,(H,22,25)(H2,21,23,24). The van der Waals surface area contributed by atoms with E-state index in [0.717, 1.165) is 23.1 Å². The van der Waals surface area contributed by atoms with Crippen LogP contribution in [0.4, 0.5) is 11.5 Å². The number of rotatable bonds is 4. The molecule has 0 unspecified atom stereocenters. The number of benzene rings is 1. The molecule has 9 heteroatoms. The maximum absolute atomic E-state index is 12.2. The molecule has 2 heterocycles. The van der Waals surface area contributed by atoms with E-state index in [1.165, 1.54) is 35.0 Å². The fourth-order valence-electron chi connectivity index (χ4n) is 3.18. The molecule has 4 rings (SSSR count). The van der Waals surface area contributed by atoms with Crippen LogP contribution in [0.25, 0.3) is 10.2 Å². The number of amides is 1. The van der Waals surface area contributed by atoms with Gasteiger partial charge in [0.05, 0.1) is 11.1 Å². The SMILES string of the molecule is Nc1nc(SCC(=O)Nc2cc(Cl)cc(Cl)c2)nc2sc3c(c12)CCCC3. The van der Waals surface area contributed by atoms with Gasteiger partial charge in [0.2, 0.25) is 5.91 Å². The first-order valence-corrected chi connectivity index (χ1v) is 11.0. The maximum Gasteiger partial charge on any atom is 0.234 e. The van der Waals surface area contributed by atoms with Crippen LogP contribution in [0.1, 0.15) is 23.3 Å². The van der Waals surface area contributed by atoms with E-state index in [-0.39, 0.29) is 11.7 Å². The van der Waals surface area contributed by atoms with Gasteiger partial charge in [-0.3, -0.25) is 4.79 Å². The number of aromatic nitrogens is 2. The van der Waals surface area contributed by atoms with Gasteiger partial charge >= 0.3 is 0 Å². The summed E-state index contributed by atoms with van der Waals surface area (Å²) < 4.78 is 0. The topological polar surface area (TPSA) is 80.9 Å². The first-order chi connectivity index (χ1) is 13.0. The average molecular weight is 439 g/mol. The summed E-state index contributed by atoms with van der Waals surface area (Å²) in [5, 5.41) is 5.21. The molecule has 3 N–H and O–H groups in total. The molecule has 0 saturated heterocycles. The van der Waals surface area contributed by atoms with Crippen molar-refractivity contribution in [2.75, 3.05) is 16.8 Å². The summed E-state index contributed by atoms with van der Waals surface area (Å²) in [6.45, 7) is 0. The Morgan fingerprint density at radius 3 is 2.70 bits per heavy atom. The first-order valence-electron chi connectivity index (χ1n) is 8.46. The van der Waals surface area contributed by atoms with Gasteiger partial charge in [-0.15, -0.1) is 11.3 Å². The third-order valence-corrected chi connectivity index (χ3v) is 6.77. The van der Waals surface area contributed by atoms with Gasteiger partial charge in [-0.25, -0.2) is 9.97 Å². The molecule has 1 aliphatic rings. The van der Waals surface area contributed by atoms with E-state index in [9.17, 15) is 4.79 Å². The van der Waals surface area contributed by atoms with Crippen molar-refractivity contribution in [1.29, 1.82) is 0 Å². The largest absolute Gasteiger partial charge is 0.383 e. The van der Waals surface area contributed by atoms with Gasteiger partial charge in [-0.2, -0.15) is 0 Å². The lowest BCUT2D eigenvalue weighted by Crippen LogP contribution is -2.14. The Labute approximate surface area is 174 Å². The molecule has 1 aliphatic carbocycles. The van der Waals surface area contributed by atoms with E-state index in [4.69, 9.17) is 28.9 Å². The number of carbonyl (C=O) groups excluding carboxylic acids is 1. The number of hydrogen-bond acceptors (Lipinski definition) is 6. The number of nitrogens with two attached hydrogens (primary N) is 1. The Kier molecular flexibility index (Phi) is 5.45. The molecular formula is C18H16Cl2N4OS2. The quantitative estimate of drug-likeness (QED) is 0.432. The van der Waals surface area contributed by atoms with Crippen molar-refractivity contribution in [2.24, 2.45) is 0 Å². The van der Waals surface area contributed by atoms with E-state index in [1.807, 2.05) is 0 Å². The second kappa shape index (κ2) is 7.83. The molecule has 27 heavy (non-hydrogen) atoms. The third-order valence-electron chi connectivity index (χ3n) is 4.30. The molecule has 0 radical (unpaired) electrons. The Morgan fingerprint density at radius 2 is 1.93 bits per heavy atom. The molecule has 3 aromatic rings. The number of nitrogen functional groups attached to an aromatic ring is 1. The van der Waals surface area contributed by atoms with Crippen LogP contribution in [0.2, 0.25) is 10.0 Å². The molecule has 1 aromatic carbocycles. The lowest BCUT2D eigenvalue weighted by Gasteiger charge is -2.10. The Morgan fingerprint density at radius 1 is 1.19 bits per heavy atom. The highest BCUT2D eigenvalue weighted by Gasteiger charge is 2.20. The zero-order valence-electron chi connectivity index (χ0n) is 14.2. The van der Waals surface area contributed by atoms with E-state index < -0.39 is 0 Å². The molecule has 0 saturated carbocycles. The van der Waals surface area contributed by atoms with Crippen LogP contribution in [0.5, 0.6) is 0 Å². The first kappa shape index (κ1) is 18.8. The highest BCUT2D eigenvalue weighted by atomic mass is 35.5. The minimum absolute atomic E-state index is 0.167. The van der Waals surface area contributed by atoms with Crippen LogP contribution in [0.3, 0.4) is 0 Å². The van der Waals surface area contributed by atoms with Gasteiger partial charge in [0.25, 0.3) is 0 Å². The van der Waals surface area contributed by atoms with E-state index in [0.29, 0.717) is 26.7 Å². The molecule has 5 nitrogen and oxygen atoms in total. The number of hydrogen-bond donors (Lipinski definition) is 2. The van der Waals surface area contributed by atoms with E-state index in [1.54, 1.807) is 29.5 Å². The molecule has 2 aromatic heterocycles. The molecule has 0 bridgehead atoms. The minimum atomic E-state index is -0.189. The van der Waals surface area contributed by atoms with Gasteiger partial charge in [-0.1, -0.05) is 35.0 Å². The van der Waals surface area contributed by atoms with Crippen molar-refractivity contribution in [1.82, 2.24) is 9.97 Å². The van der Waals surface area contributed by atoms with Crippen molar-refractivity contribution in [3.8, 4) is 0 Å². The molecule has 0 aliphatic heterocycles. The number of thioether (sulfide) groups is 1. The summed E-state index contributed by atoms with van der Waals surface area (Å²) in [5.74, 6) is 0.482. The van der Waals surface area contributed by atoms with Gasteiger partial charge in [0.1, 0.15) is 10.6 Å². The Hall–Kier alpha value is -1.54.